The van der Waals surface area contributed by atoms with Crippen LogP contribution in [0.25, 0.3) is 16.9 Å². The average molecular weight is 311 g/mol. The Balaban J connectivity index is 1.92. The first-order valence-electron chi connectivity index (χ1n) is 7.56. The molecule has 116 valence electrons. The lowest BCUT2D eigenvalue weighted by Gasteiger charge is -2.16. The molecule has 0 saturated heterocycles. The van der Waals surface area contributed by atoms with Crippen molar-refractivity contribution >= 4 is 0 Å². The number of nitrogens with one attached hydrogen (secondary N) is 1. The van der Waals surface area contributed by atoms with Crippen molar-refractivity contribution in [3.63, 3.8) is 0 Å². The topological polar surface area (TPSA) is 29.9 Å². The molecule has 1 aliphatic heterocycles. The molecule has 3 aromatic rings. The van der Waals surface area contributed by atoms with Crippen molar-refractivity contribution in [3.8, 4) is 16.9 Å². The third-order valence-electron chi connectivity index (χ3n) is 4.13. The molecule has 3 nitrogen and oxygen atoms in total. The Hall–Kier alpha value is -2.53. The smallest absolute Gasteiger partial charge is 0.148 e. The molecule has 1 aromatic heterocycles. The number of hydrogen-bond acceptors (Lipinski definition) is 2. The van der Waals surface area contributed by atoms with E-state index in [0.29, 0.717) is 12.2 Å². The summed E-state index contributed by atoms with van der Waals surface area (Å²) in [6, 6.07) is 12.9. The fourth-order valence-electron chi connectivity index (χ4n) is 3.01. The molecule has 0 unspecified atom stereocenters. The van der Waals surface area contributed by atoms with E-state index in [1.165, 1.54) is 18.2 Å². The summed E-state index contributed by atoms with van der Waals surface area (Å²) >= 11 is 0. The monoisotopic (exact) mass is 311 g/mol. The summed E-state index contributed by atoms with van der Waals surface area (Å²) in [6.45, 7) is 1.51. The van der Waals surface area contributed by atoms with Gasteiger partial charge in [0.25, 0.3) is 0 Å². The Morgan fingerprint density at radius 2 is 1.78 bits per heavy atom. The van der Waals surface area contributed by atoms with Crippen molar-refractivity contribution in [2.75, 3.05) is 6.54 Å². The summed E-state index contributed by atoms with van der Waals surface area (Å²) in [5.74, 6) is -0.587. The van der Waals surface area contributed by atoms with E-state index in [-0.39, 0.29) is 11.6 Å². The number of benzene rings is 2. The minimum absolute atomic E-state index is 0.283. The molecule has 23 heavy (non-hydrogen) atoms. The first-order chi connectivity index (χ1) is 11.2. The van der Waals surface area contributed by atoms with Crippen LogP contribution in [0.3, 0.4) is 0 Å². The van der Waals surface area contributed by atoms with Gasteiger partial charge in [-0.3, -0.25) is 0 Å². The number of aromatic nitrogens is 2. The fourth-order valence-corrected chi connectivity index (χ4v) is 3.01. The fraction of sp³-hybridized carbons (Fsp3) is 0.167. The molecule has 1 N–H and O–H groups in total. The van der Waals surface area contributed by atoms with Gasteiger partial charge in [-0.1, -0.05) is 12.1 Å². The van der Waals surface area contributed by atoms with Gasteiger partial charge in [0.15, 0.2) is 0 Å². The van der Waals surface area contributed by atoms with Gasteiger partial charge in [0.2, 0.25) is 0 Å². The third-order valence-corrected chi connectivity index (χ3v) is 4.13. The van der Waals surface area contributed by atoms with Crippen molar-refractivity contribution in [2.24, 2.45) is 0 Å². The number of nitrogens with zero attached hydrogens (tertiary/aromatic N) is 2. The van der Waals surface area contributed by atoms with Crippen LogP contribution in [0.15, 0.2) is 48.5 Å². The van der Waals surface area contributed by atoms with Crippen molar-refractivity contribution in [3.05, 3.63) is 71.4 Å². The summed E-state index contributed by atoms with van der Waals surface area (Å²) in [4.78, 5) is 0. The van der Waals surface area contributed by atoms with Gasteiger partial charge in [0, 0.05) is 30.6 Å². The minimum atomic E-state index is -0.304. The van der Waals surface area contributed by atoms with Gasteiger partial charge in [0.05, 0.1) is 11.4 Å². The molecule has 2 aromatic carbocycles. The lowest BCUT2D eigenvalue weighted by atomic mass is 10.0. The normalized spacial score (nSPS) is 13.8. The van der Waals surface area contributed by atoms with Gasteiger partial charge in [-0.05, 0) is 36.4 Å². The van der Waals surface area contributed by atoms with Gasteiger partial charge in [-0.15, -0.1) is 0 Å². The number of rotatable bonds is 2. The van der Waals surface area contributed by atoms with Crippen LogP contribution in [-0.2, 0) is 13.0 Å². The van der Waals surface area contributed by atoms with Gasteiger partial charge in [-0.2, -0.15) is 5.10 Å². The molecule has 0 fully saturated rings. The van der Waals surface area contributed by atoms with Crippen LogP contribution < -0.4 is 5.32 Å². The first kappa shape index (κ1) is 14.1. The zero-order valence-corrected chi connectivity index (χ0v) is 12.4. The summed E-state index contributed by atoms with van der Waals surface area (Å²) in [5.41, 5.74) is 4.11. The molecule has 0 atom stereocenters. The lowest BCUT2D eigenvalue weighted by molar-refractivity contribution is 0.591. The molecule has 0 aliphatic carbocycles. The van der Waals surface area contributed by atoms with Crippen molar-refractivity contribution in [1.82, 2.24) is 15.1 Å². The number of fused-ring (bicyclic) bond motifs is 1. The third kappa shape index (κ3) is 2.43. The van der Waals surface area contributed by atoms with Gasteiger partial charge < -0.3 is 5.32 Å². The van der Waals surface area contributed by atoms with Crippen LogP contribution in [0.2, 0.25) is 0 Å². The van der Waals surface area contributed by atoms with E-state index in [0.717, 1.165) is 35.5 Å². The molecule has 0 amide bonds. The van der Waals surface area contributed by atoms with E-state index in [2.05, 4.69) is 10.4 Å². The molecule has 1 aliphatic rings. The largest absolute Gasteiger partial charge is 0.312 e. The van der Waals surface area contributed by atoms with Gasteiger partial charge in [-0.25, -0.2) is 13.5 Å². The second kappa shape index (κ2) is 5.59. The van der Waals surface area contributed by atoms with Crippen LogP contribution in [0, 0.1) is 11.6 Å². The number of hydrogen-bond donors (Lipinski definition) is 1. The Bertz CT molecular complexity index is 853. The molecule has 0 saturated carbocycles. The van der Waals surface area contributed by atoms with Crippen LogP contribution in [-0.4, -0.2) is 16.3 Å². The van der Waals surface area contributed by atoms with E-state index < -0.39 is 0 Å². The highest BCUT2D eigenvalue weighted by atomic mass is 19.1. The summed E-state index contributed by atoms with van der Waals surface area (Å²) in [5, 5.41) is 7.96. The highest BCUT2D eigenvalue weighted by Crippen LogP contribution is 2.30. The Kier molecular flexibility index (Phi) is 3.42. The molecular weight excluding hydrogens is 296 g/mol. The number of halogens is 2. The maximum Gasteiger partial charge on any atom is 0.148 e. The van der Waals surface area contributed by atoms with Crippen LogP contribution in [0.5, 0.6) is 0 Å². The Labute approximate surface area is 132 Å². The highest BCUT2D eigenvalue weighted by molar-refractivity contribution is 5.65. The second-order valence-electron chi connectivity index (χ2n) is 5.57. The summed E-state index contributed by atoms with van der Waals surface area (Å²) < 4.78 is 29.0. The minimum Gasteiger partial charge on any atom is -0.312 e. The van der Waals surface area contributed by atoms with Crippen molar-refractivity contribution < 1.29 is 8.78 Å². The van der Waals surface area contributed by atoms with E-state index >= 15 is 0 Å². The van der Waals surface area contributed by atoms with E-state index in [1.807, 2.05) is 0 Å². The maximum absolute atomic E-state index is 14.2. The first-order valence-corrected chi connectivity index (χ1v) is 7.56. The maximum atomic E-state index is 14.2. The Morgan fingerprint density at radius 3 is 2.57 bits per heavy atom. The molecular formula is C18H15F2N3. The van der Waals surface area contributed by atoms with Crippen LogP contribution in [0.1, 0.15) is 11.3 Å². The molecule has 0 spiro atoms. The van der Waals surface area contributed by atoms with E-state index in [9.17, 15) is 8.78 Å². The van der Waals surface area contributed by atoms with Gasteiger partial charge >= 0.3 is 0 Å². The van der Waals surface area contributed by atoms with E-state index in [1.54, 1.807) is 35.0 Å². The van der Waals surface area contributed by atoms with Crippen LogP contribution >= 0.6 is 0 Å². The lowest BCUT2D eigenvalue weighted by Crippen LogP contribution is -2.24. The predicted octanol–water partition coefficient (Wildman–Crippen LogP) is 3.46. The SMILES string of the molecule is Fc1ccc(-c2nn(-c3ccccc3F)c3c2CNCC3)cc1. The zero-order valence-electron chi connectivity index (χ0n) is 12.4. The van der Waals surface area contributed by atoms with Crippen molar-refractivity contribution in [1.29, 1.82) is 0 Å². The predicted molar refractivity (Wildman–Crippen MR) is 84.3 cm³/mol. The standard InChI is InChI=1S/C18H15F2N3/c19-13-7-5-12(6-8-13)18-14-11-21-10-9-16(14)23(22-18)17-4-2-1-3-15(17)20/h1-8,21H,9-11H2. The highest BCUT2D eigenvalue weighted by Gasteiger charge is 2.23. The zero-order chi connectivity index (χ0) is 15.8. The number of para-hydroxylation sites is 1. The molecule has 4 rings (SSSR count). The Morgan fingerprint density at radius 1 is 1.00 bits per heavy atom. The molecule has 0 bridgehead atoms. The average Bonchev–Trinajstić information content (AvgIpc) is 2.96. The van der Waals surface area contributed by atoms with Gasteiger partial charge in [0.1, 0.15) is 17.3 Å². The molecule has 2 heterocycles. The van der Waals surface area contributed by atoms with E-state index in [4.69, 9.17) is 0 Å². The summed E-state index contributed by atoms with van der Waals surface area (Å²) in [7, 11) is 0. The molecule has 5 heteroatoms. The summed E-state index contributed by atoms with van der Waals surface area (Å²) in [6.07, 6.45) is 0.776. The molecule has 0 radical (unpaired) electrons. The van der Waals surface area contributed by atoms with Crippen molar-refractivity contribution in [2.45, 2.75) is 13.0 Å². The quantitative estimate of drug-likeness (QED) is 0.785. The second-order valence-corrected chi connectivity index (χ2v) is 5.57. The van der Waals surface area contributed by atoms with Crippen LogP contribution in [0.4, 0.5) is 8.78 Å².